The monoisotopic (exact) mass is 530 g/mol. The fourth-order valence-electron chi connectivity index (χ4n) is 2.95. The zero-order chi connectivity index (χ0) is 27.8. The van der Waals surface area contributed by atoms with Gasteiger partial charge in [-0.3, -0.25) is 14.4 Å². The summed E-state index contributed by atoms with van der Waals surface area (Å²) in [5, 5.41) is 10.9. The molecule has 0 aliphatic carbocycles. The minimum atomic E-state index is -0.602. The standard InChI is InChI=1S/C22H21FN2O3S.C4H10N2O2/c1-13(28-16-7-8-18(24-11-16)21(27)22(2,3)4)20-10-19(25-29-20)14-5-6-15(12-26)17(23)9-14;1-6-3(2-7)4(5)8/h5-13H,1-4H3;3,6-7H,2H2,1H3,(H2,5,8). The number of likely N-dealkylation sites (N-methyl/N-ethyl adjacent to an activating group) is 1. The summed E-state index contributed by atoms with van der Waals surface area (Å²) in [5.41, 5.74) is 5.92. The number of carbonyl (C=O) groups excluding carboxylic acids is 3. The molecule has 3 rings (SSSR count). The molecule has 0 radical (unpaired) electrons. The van der Waals surface area contributed by atoms with Crippen molar-refractivity contribution in [3.8, 4) is 17.0 Å². The number of carbonyl (C=O) groups is 3. The number of nitrogens with zero attached hydrogens (tertiary/aromatic N) is 2. The van der Waals surface area contributed by atoms with Crippen molar-refractivity contribution in [2.75, 3.05) is 13.7 Å². The molecule has 0 saturated carbocycles. The minimum Gasteiger partial charge on any atom is -0.484 e. The number of pyridine rings is 1. The third-order valence-electron chi connectivity index (χ3n) is 5.19. The van der Waals surface area contributed by atoms with E-state index in [1.807, 2.05) is 33.8 Å². The van der Waals surface area contributed by atoms with Gasteiger partial charge < -0.3 is 20.9 Å². The van der Waals surface area contributed by atoms with E-state index in [1.165, 1.54) is 29.9 Å². The molecule has 9 nitrogen and oxygen atoms in total. The molecule has 0 aliphatic rings. The predicted molar refractivity (Wildman–Crippen MR) is 139 cm³/mol. The van der Waals surface area contributed by atoms with Gasteiger partial charge >= 0.3 is 0 Å². The lowest BCUT2D eigenvalue weighted by molar-refractivity contribution is -0.120. The second kappa shape index (κ2) is 13.1. The molecule has 0 aliphatic heterocycles. The number of Topliss-reactive ketones (excluding diaryl/α,β-unsaturated/α-hetero) is 1. The Morgan fingerprint density at radius 2 is 1.95 bits per heavy atom. The Bertz CT molecular complexity index is 1220. The molecule has 1 amide bonds. The molecule has 0 spiro atoms. The van der Waals surface area contributed by atoms with Crippen molar-refractivity contribution in [1.29, 1.82) is 0 Å². The number of ether oxygens (including phenoxy) is 1. The van der Waals surface area contributed by atoms with Crippen molar-refractivity contribution in [2.24, 2.45) is 11.1 Å². The maximum atomic E-state index is 13.8. The molecule has 4 N–H and O–H groups in total. The average Bonchev–Trinajstić information content (AvgIpc) is 3.35. The van der Waals surface area contributed by atoms with Crippen LogP contribution in [0.3, 0.4) is 0 Å². The molecule has 11 heteroatoms. The van der Waals surface area contributed by atoms with E-state index < -0.39 is 23.2 Å². The van der Waals surface area contributed by atoms with E-state index in [2.05, 4.69) is 14.7 Å². The largest absolute Gasteiger partial charge is 0.484 e. The van der Waals surface area contributed by atoms with E-state index in [-0.39, 0.29) is 24.1 Å². The van der Waals surface area contributed by atoms with Crippen LogP contribution in [0.4, 0.5) is 4.39 Å². The van der Waals surface area contributed by atoms with Crippen molar-refractivity contribution in [3.05, 3.63) is 64.5 Å². The van der Waals surface area contributed by atoms with Crippen LogP contribution in [0.1, 0.15) is 59.5 Å². The van der Waals surface area contributed by atoms with E-state index in [0.29, 0.717) is 29.0 Å². The number of aldehydes is 1. The van der Waals surface area contributed by atoms with Gasteiger partial charge in [0.1, 0.15) is 29.4 Å². The van der Waals surface area contributed by atoms with E-state index >= 15 is 0 Å². The SMILES string of the molecule is CC(Oc1ccc(C(=O)C(C)(C)C)nc1)c1cc(-c2ccc(C=O)c(F)c2)ns1.CNC(CO)C(N)=O. The number of aliphatic hydroxyl groups is 1. The Balaban J connectivity index is 0.000000521. The van der Waals surface area contributed by atoms with Crippen LogP contribution < -0.4 is 15.8 Å². The van der Waals surface area contributed by atoms with E-state index in [1.54, 1.807) is 25.2 Å². The van der Waals surface area contributed by atoms with Gasteiger partial charge in [-0.2, -0.15) is 4.37 Å². The molecule has 37 heavy (non-hydrogen) atoms. The van der Waals surface area contributed by atoms with Gasteiger partial charge in [-0.15, -0.1) is 0 Å². The summed E-state index contributed by atoms with van der Waals surface area (Å²) in [6.45, 7) is 7.18. The van der Waals surface area contributed by atoms with Gasteiger partial charge in [0, 0.05) is 11.0 Å². The van der Waals surface area contributed by atoms with Gasteiger partial charge in [0.15, 0.2) is 12.1 Å². The highest BCUT2D eigenvalue weighted by molar-refractivity contribution is 7.06. The van der Waals surface area contributed by atoms with E-state index in [0.717, 1.165) is 4.88 Å². The number of primary amides is 1. The number of benzene rings is 1. The molecule has 198 valence electrons. The number of ketones is 1. The maximum Gasteiger partial charge on any atom is 0.236 e. The van der Waals surface area contributed by atoms with Crippen LogP contribution in [0.15, 0.2) is 42.6 Å². The molecular weight excluding hydrogens is 499 g/mol. The lowest BCUT2D eigenvalue weighted by Crippen LogP contribution is -2.41. The number of nitrogens with one attached hydrogen (secondary N) is 1. The first-order valence-electron chi connectivity index (χ1n) is 11.4. The summed E-state index contributed by atoms with van der Waals surface area (Å²) >= 11 is 1.26. The second-order valence-corrected chi connectivity index (χ2v) is 9.95. The summed E-state index contributed by atoms with van der Waals surface area (Å²) in [4.78, 5) is 38.3. The topological polar surface area (TPSA) is 144 Å². The summed E-state index contributed by atoms with van der Waals surface area (Å²) < 4.78 is 24.1. The third kappa shape index (κ3) is 8.24. The highest BCUT2D eigenvalue weighted by Crippen LogP contribution is 2.30. The molecule has 0 fully saturated rings. The molecule has 2 unspecified atom stereocenters. The van der Waals surface area contributed by atoms with Crippen LogP contribution in [0.2, 0.25) is 0 Å². The van der Waals surface area contributed by atoms with E-state index in [4.69, 9.17) is 15.6 Å². The lowest BCUT2D eigenvalue weighted by Gasteiger charge is -2.16. The molecule has 0 bridgehead atoms. The smallest absolute Gasteiger partial charge is 0.236 e. The summed E-state index contributed by atoms with van der Waals surface area (Å²) in [6.07, 6.45) is 1.71. The molecular formula is C26H31FN4O5S. The first kappa shape index (κ1) is 29.7. The number of halogens is 1. The number of aliphatic hydroxyl groups excluding tert-OH is 1. The molecule has 0 saturated heterocycles. The summed E-state index contributed by atoms with van der Waals surface area (Å²) in [5.74, 6) is -0.598. The first-order valence-corrected chi connectivity index (χ1v) is 12.1. The number of amides is 1. The Hall–Kier alpha value is -3.54. The fourth-order valence-corrected chi connectivity index (χ4v) is 3.68. The van der Waals surface area contributed by atoms with Crippen molar-refractivity contribution in [2.45, 2.75) is 39.8 Å². The van der Waals surface area contributed by atoms with Crippen molar-refractivity contribution < 1.29 is 28.6 Å². The zero-order valence-electron chi connectivity index (χ0n) is 21.3. The minimum absolute atomic E-state index is 0.0155. The van der Waals surface area contributed by atoms with Gasteiger partial charge in [-0.25, -0.2) is 9.37 Å². The van der Waals surface area contributed by atoms with Crippen molar-refractivity contribution in [1.82, 2.24) is 14.7 Å². The van der Waals surface area contributed by atoms with Crippen LogP contribution in [-0.2, 0) is 4.79 Å². The summed E-state index contributed by atoms with van der Waals surface area (Å²) in [6, 6.07) is 8.99. The third-order valence-corrected chi connectivity index (χ3v) is 6.14. The number of nitrogens with two attached hydrogens (primary N) is 1. The number of hydrogen-bond acceptors (Lipinski definition) is 9. The van der Waals surface area contributed by atoms with Gasteiger partial charge in [-0.1, -0.05) is 26.8 Å². The van der Waals surface area contributed by atoms with Crippen LogP contribution in [-0.4, -0.2) is 52.1 Å². The number of aromatic nitrogens is 2. The molecule has 1 aromatic carbocycles. The fraction of sp³-hybridized carbons (Fsp3) is 0.346. The van der Waals surface area contributed by atoms with Crippen LogP contribution in [0, 0.1) is 11.2 Å². The molecule has 2 atom stereocenters. The maximum absolute atomic E-state index is 13.8. The predicted octanol–water partition coefficient (Wildman–Crippen LogP) is 3.58. The second-order valence-electron chi connectivity index (χ2n) is 9.11. The van der Waals surface area contributed by atoms with Crippen molar-refractivity contribution >= 4 is 29.5 Å². The Morgan fingerprint density at radius 3 is 2.41 bits per heavy atom. The Morgan fingerprint density at radius 1 is 1.24 bits per heavy atom. The number of hydrogen-bond donors (Lipinski definition) is 3. The highest BCUT2D eigenvalue weighted by Gasteiger charge is 2.24. The highest BCUT2D eigenvalue weighted by atomic mass is 32.1. The van der Waals surface area contributed by atoms with Gasteiger partial charge in [0.05, 0.1) is 28.9 Å². The van der Waals surface area contributed by atoms with Crippen LogP contribution in [0.25, 0.3) is 11.3 Å². The number of rotatable bonds is 9. The summed E-state index contributed by atoms with van der Waals surface area (Å²) in [7, 11) is 1.56. The average molecular weight is 531 g/mol. The zero-order valence-corrected chi connectivity index (χ0v) is 22.1. The molecule has 2 heterocycles. The Kier molecular flexibility index (Phi) is 10.5. The van der Waals surface area contributed by atoms with Gasteiger partial charge in [0.25, 0.3) is 0 Å². The molecule has 3 aromatic rings. The molecule has 2 aromatic heterocycles. The van der Waals surface area contributed by atoms with Gasteiger partial charge in [-0.05, 0) is 55.8 Å². The first-order chi connectivity index (χ1) is 17.4. The van der Waals surface area contributed by atoms with Crippen LogP contribution in [0.5, 0.6) is 5.75 Å². The normalized spacial score (nSPS) is 12.6. The van der Waals surface area contributed by atoms with E-state index in [9.17, 15) is 18.8 Å². The van der Waals surface area contributed by atoms with Crippen LogP contribution >= 0.6 is 11.5 Å². The lowest BCUT2D eigenvalue weighted by atomic mass is 9.89. The Labute approximate surface area is 219 Å². The van der Waals surface area contributed by atoms with Gasteiger partial charge in [0.2, 0.25) is 5.91 Å². The van der Waals surface area contributed by atoms with Crippen molar-refractivity contribution in [3.63, 3.8) is 0 Å². The quantitative estimate of drug-likeness (QED) is 0.281.